The van der Waals surface area contributed by atoms with Gasteiger partial charge in [-0.1, -0.05) is 13.3 Å². The summed E-state index contributed by atoms with van der Waals surface area (Å²) in [6, 6.07) is 7.90. The zero-order valence-electron chi connectivity index (χ0n) is 13.1. The Bertz CT molecular complexity index is 422. The fourth-order valence-electron chi connectivity index (χ4n) is 2.25. The number of anilines is 2. The Kier molecular flexibility index (Phi) is 6.02. The van der Waals surface area contributed by atoms with Crippen LogP contribution in [0, 0.1) is 0 Å². The summed E-state index contributed by atoms with van der Waals surface area (Å²) in [4.78, 5) is 14.4. The maximum Gasteiger partial charge on any atom is 0.244 e. The van der Waals surface area contributed by atoms with Crippen molar-refractivity contribution in [2.45, 2.75) is 46.1 Å². The standard InChI is InChI=1S/C16H27N3O/c1-5-12-16(4,17)15(20)18-13-8-10-14(11-9-13)19(6-2)7-3/h8-11H,5-7,12,17H2,1-4H3,(H,18,20). The molecule has 0 radical (unpaired) electrons. The normalized spacial score (nSPS) is 13.7. The van der Waals surface area contributed by atoms with Crippen molar-refractivity contribution in [3.05, 3.63) is 24.3 Å². The number of rotatable bonds is 7. The first kappa shape index (κ1) is 16.5. The molecule has 0 saturated heterocycles. The lowest BCUT2D eigenvalue weighted by molar-refractivity contribution is -0.120. The van der Waals surface area contributed by atoms with Crippen LogP contribution in [0.15, 0.2) is 24.3 Å². The predicted molar refractivity (Wildman–Crippen MR) is 86.1 cm³/mol. The van der Waals surface area contributed by atoms with Crippen molar-refractivity contribution < 1.29 is 4.79 Å². The van der Waals surface area contributed by atoms with Crippen LogP contribution in [-0.4, -0.2) is 24.5 Å². The Morgan fingerprint density at radius 2 is 1.75 bits per heavy atom. The minimum atomic E-state index is -0.813. The van der Waals surface area contributed by atoms with Gasteiger partial charge in [-0.25, -0.2) is 0 Å². The van der Waals surface area contributed by atoms with Crippen LogP contribution in [0.25, 0.3) is 0 Å². The number of hydrogen-bond donors (Lipinski definition) is 2. The van der Waals surface area contributed by atoms with Gasteiger partial charge in [0.25, 0.3) is 0 Å². The number of nitrogens with one attached hydrogen (secondary N) is 1. The van der Waals surface area contributed by atoms with Crippen LogP contribution in [0.5, 0.6) is 0 Å². The van der Waals surface area contributed by atoms with E-state index in [2.05, 4.69) is 24.1 Å². The van der Waals surface area contributed by atoms with E-state index in [4.69, 9.17) is 5.73 Å². The van der Waals surface area contributed by atoms with Crippen LogP contribution in [0.2, 0.25) is 0 Å². The Morgan fingerprint density at radius 1 is 1.20 bits per heavy atom. The minimum Gasteiger partial charge on any atom is -0.372 e. The number of hydrogen-bond acceptors (Lipinski definition) is 3. The van der Waals surface area contributed by atoms with Gasteiger partial charge in [-0.3, -0.25) is 4.79 Å². The van der Waals surface area contributed by atoms with Gasteiger partial charge in [0.05, 0.1) is 5.54 Å². The Morgan fingerprint density at radius 3 is 2.20 bits per heavy atom. The Hall–Kier alpha value is -1.55. The number of carbonyl (C=O) groups is 1. The summed E-state index contributed by atoms with van der Waals surface area (Å²) in [5, 5.41) is 2.89. The van der Waals surface area contributed by atoms with Gasteiger partial charge in [0.15, 0.2) is 0 Å². The van der Waals surface area contributed by atoms with Crippen molar-refractivity contribution in [1.82, 2.24) is 0 Å². The highest BCUT2D eigenvalue weighted by Gasteiger charge is 2.27. The average Bonchev–Trinajstić information content (AvgIpc) is 2.42. The molecule has 1 atom stereocenters. The second kappa shape index (κ2) is 7.29. The zero-order chi connectivity index (χ0) is 15.2. The molecule has 0 saturated carbocycles. The third-order valence-corrected chi connectivity index (χ3v) is 3.54. The molecule has 4 nitrogen and oxygen atoms in total. The smallest absolute Gasteiger partial charge is 0.244 e. The van der Waals surface area contributed by atoms with Gasteiger partial charge >= 0.3 is 0 Å². The van der Waals surface area contributed by atoms with Crippen LogP contribution in [0.1, 0.15) is 40.5 Å². The van der Waals surface area contributed by atoms with E-state index in [1.54, 1.807) is 6.92 Å². The van der Waals surface area contributed by atoms with E-state index in [0.29, 0.717) is 6.42 Å². The SMILES string of the molecule is CCCC(C)(N)C(=O)Nc1ccc(N(CC)CC)cc1. The van der Waals surface area contributed by atoms with Crippen LogP contribution in [-0.2, 0) is 4.79 Å². The molecule has 4 heteroatoms. The Labute approximate surface area is 122 Å². The number of amides is 1. The molecule has 0 aliphatic carbocycles. The van der Waals surface area contributed by atoms with Gasteiger partial charge in [0.2, 0.25) is 5.91 Å². The molecule has 0 aliphatic rings. The van der Waals surface area contributed by atoms with E-state index < -0.39 is 5.54 Å². The molecule has 1 aromatic rings. The van der Waals surface area contributed by atoms with Crippen molar-refractivity contribution in [2.75, 3.05) is 23.3 Å². The molecular weight excluding hydrogens is 250 g/mol. The van der Waals surface area contributed by atoms with Gasteiger partial charge in [-0.05, 0) is 51.5 Å². The van der Waals surface area contributed by atoms with E-state index in [9.17, 15) is 4.79 Å². The molecular formula is C16H27N3O. The van der Waals surface area contributed by atoms with E-state index >= 15 is 0 Å². The number of nitrogens with zero attached hydrogens (tertiary/aromatic N) is 1. The van der Waals surface area contributed by atoms with Crippen molar-refractivity contribution in [1.29, 1.82) is 0 Å². The van der Waals surface area contributed by atoms with Gasteiger partial charge in [0, 0.05) is 24.5 Å². The highest BCUT2D eigenvalue weighted by molar-refractivity contribution is 5.97. The van der Waals surface area contributed by atoms with Crippen molar-refractivity contribution in [2.24, 2.45) is 5.73 Å². The molecule has 1 unspecified atom stereocenters. The first-order valence-electron chi connectivity index (χ1n) is 7.40. The topological polar surface area (TPSA) is 58.4 Å². The maximum atomic E-state index is 12.1. The fraction of sp³-hybridized carbons (Fsp3) is 0.562. The largest absolute Gasteiger partial charge is 0.372 e. The monoisotopic (exact) mass is 277 g/mol. The summed E-state index contributed by atoms with van der Waals surface area (Å²) in [5.41, 5.74) is 7.16. The van der Waals surface area contributed by atoms with E-state index in [1.807, 2.05) is 31.2 Å². The second-order valence-corrected chi connectivity index (χ2v) is 5.34. The van der Waals surface area contributed by atoms with E-state index in [0.717, 1.165) is 30.9 Å². The molecule has 1 amide bonds. The summed E-state index contributed by atoms with van der Waals surface area (Å²) in [6.07, 6.45) is 1.57. The molecule has 1 aromatic carbocycles. The molecule has 0 aliphatic heterocycles. The number of benzene rings is 1. The highest BCUT2D eigenvalue weighted by atomic mass is 16.2. The molecule has 20 heavy (non-hydrogen) atoms. The second-order valence-electron chi connectivity index (χ2n) is 5.34. The van der Waals surface area contributed by atoms with Gasteiger partial charge < -0.3 is 16.0 Å². The molecule has 0 bridgehead atoms. The molecule has 1 rings (SSSR count). The Balaban J connectivity index is 2.73. The summed E-state index contributed by atoms with van der Waals surface area (Å²) in [7, 11) is 0. The summed E-state index contributed by atoms with van der Waals surface area (Å²) < 4.78 is 0. The van der Waals surface area contributed by atoms with Crippen LogP contribution in [0.4, 0.5) is 11.4 Å². The lowest BCUT2D eigenvalue weighted by Gasteiger charge is -2.24. The van der Waals surface area contributed by atoms with Crippen LogP contribution in [0.3, 0.4) is 0 Å². The predicted octanol–water partition coefficient (Wildman–Crippen LogP) is 2.99. The van der Waals surface area contributed by atoms with E-state index in [1.165, 1.54) is 0 Å². The minimum absolute atomic E-state index is 0.130. The molecule has 0 spiro atoms. The lowest BCUT2D eigenvalue weighted by Crippen LogP contribution is -2.48. The summed E-state index contributed by atoms with van der Waals surface area (Å²) >= 11 is 0. The molecule has 112 valence electrons. The quantitative estimate of drug-likeness (QED) is 0.805. The molecule has 0 aromatic heterocycles. The first-order valence-corrected chi connectivity index (χ1v) is 7.40. The molecule has 0 heterocycles. The molecule has 3 N–H and O–H groups in total. The number of carbonyl (C=O) groups excluding carboxylic acids is 1. The van der Waals surface area contributed by atoms with Crippen LogP contribution < -0.4 is 16.0 Å². The molecule has 0 fully saturated rings. The van der Waals surface area contributed by atoms with Crippen molar-refractivity contribution in [3.8, 4) is 0 Å². The number of nitrogens with two attached hydrogens (primary N) is 1. The third kappa shape index (κ3) is 4.23. The lowest BCUT2D eigenvalue weighted by atomic mass is 9.96. The zero-order valence-corrected chi connectivity index (χ0v) is 13.1. The summed E-state index contributed by atoms with van der Waals surface area (Å²) in [6.45, 7) is 10.0. The fourth-order valence-corrected chi connectivity index (χ4v) is 2.25. The van der Waals surface area contributed by atoms with Gasteiger partial charge in [-0.2, -0.15) is 0 Å². The van der Waals surface area contributed by atoms with Crippen molar-refractivity contribution >= 4 is 17.3 Å². The average molecular weight is 277 g/mol. The maximum absolute atomic E-state index is 12.1. The van der Waals surface area contributed by atoms with E-state index in [-0.39, 0.29) is 5.91 Å². The highest BCUT2D eigenvalue weighted by Crippen LogP contribution is 2.19. The van der Waals surface area contributed by atoms with Crippen molar-refractivity contribution in [3.63, 3.8) is 0 Å². The first-order chi connectivity index (χ1) is 9.44. The van der Waals surface area contributed by atoms with Gasteiger partial charge in [0.1, 0.15) is 0 Å². The summed E-state index contributed by atoms with van der Waals surface area (Å²) in [5.74, 6) is -0.130. The van der Waals surface area contributed by atoms with Gasteiger partial charge in [-0.15, -0.1) is 0 Å². The van der Waals surface area contributed by atoms with Crippen LogP contribution >= 0.6 is 0 Å². The third-order valence-electron chi connectivity index (χ3n) is 3.54.